The average molecular weight is 266 g/mol. The predicted molar refractivity (Wildman–Crippen MR) is 76.1 cm³/mol. The summed E-state index contributed by atoms with van der Waals surface area (Å²) in [7, 11) is 2.06. The second kappa shape index (κ2) is 6.37. The molecule has 0 atom stereocenters. The van der Waals surface area contributed by atoms with E-state index in [4.69, 9.17) is 4.42 Å². The summed E-state index contributed by atoms with van der Waals surface area (Å²) in [5, 5.41) is 11.5. The molecule has 0 spiro atoms. The van der Waals surface area contributed by atoms with Crippen LogP contribution < -0.4 is 10.2 Å². The second-order valence-corrected chi connectivity index (χ2v) is 6.04. The summed E-state index contributed by atoms with van der Waals surface area (Å²) < 4.78 is 5.72. The molecule has 19 heavy (non-hydrogen) atoms. The standard InChI is InChI=1S/C14H26N4O/c1-10(2)15-9-13-16-17-14(19-13)18(4)12-7-5-11(3)6-8-12/h10-12,15H,5-9H2,1-4H3. The van der Waals surface area contributed by atoms with Gasteiger partial charge in [-0.3, -0.25) is 0 Å². The van der Waals surface area contributed by atoms with E-state index in [9.17, 15) is 0 Å². The summed E-state index contributed by atoms with van der Waals surface area (Å²) in [5.41, 5.74) is 0. The number of nitrogens with one attached hydrogen (secondary N) is 1. The molecular weight excluding hydrogens is 240 g/mol. The number of aromatic nitrogens is 2. The third kappa shape index (κ3) is 3.93. The number of hydrogen-bond acceptors (Lipinski definition) is 5. The predicted octanol–water partition coefficient (Wildman–Crippen LogP) is 2.58. The van der Waals surface area contributed by atoms with Crippen LogP contribution in [0.3, 0.4) is 0 Å². The van der Waals surface area contributed by atoms with Gasteiger partial charge < -0.3 is 14.6 Å². The maximum Gasteiger partial charge on any atom is 0.318 e. The molecule has 1 aromatic heterocycles. The van der Waals surface area contributed by atoms with Crippen molar-refractivity contribution in [2.75, 3.05) is 11.9 Å². The number of nitrogens with zero attached hydrogens (tertiary/aromatic N) is 3. The van der Waals surface area contributed by atoms with Crippen LogP contribution >= 0.6 is 0 Å². The first-order chi connectivity index (χ1) is 9.06. The van der Waals surface area contributed by atoms with Crippen molar-refractivity contribution in [3.63, 3.8) is 0 Å². The van der Waals surface area contributed by atoms with E-state index in [0.717, 1.165) is 5.92 Å². The van der Waals surface area contributed by atoms with Gasteiger partial charge in [0, 0.05) is 19.1 Å². The van der Waals surface area contributed by atoms with Gasteiger partial charge in [-0.25, -0.2) is 0 Å². The lowest BCUT2D eigenvalue weighted by Gasteiger charge is -2.32. The maximum atomic E-state index is 5.72. The van der Waals surface area contributed by atoms with Gasteiger partial charge in [0.1, 0.15) is 0 Å². The molecule has 1 saturated carbocycles. The van der Waals surface area contributed by atoms with Crippen LogP contribution in [0.5, 0.6) is 0 Å². The zero-order valence-electron chi connectivity index (χ0n) is 12.5. The van der Waals surface area contributed by atoms with Crippen LogP contribution in [0.15, 0.2) is 4.42 Å². The minimum Gasteiger partial charge on any atom is -0.407 e. The molecule has 1 N–H and O–H groups in total. The molecule has 1 heterocycles. The Morgan fingerprint density at radius 3 is 2.58 bits per heavy atom. The lowest BCUT2D eigenvalue weighted by molar-refractivity contribution is 0.329. The Bertz CT molecular complexity index is 383. The Balaban J connectivity index is 1.90. The normalized spacial score (nSPS) is 23.8. The molecule has 1 aromatic rings. The van der Waals surface area contributed by atoms with E-state index >= 15 is 0 Å². The number of anilines is 1. The third-order valence-electron chi connectivity index (χ3n) is 3.95. The molecule has 1 fully saturated rings. The number of hydrogen-bond donors (Lipinski definition) is 1. The highest BCUT2D eigenvalue weighted by atomic mass is 16.4. The van der Waals surface area contributed by atoms with Gasteiger partial charge in [0.05, 0.1) is 6.54 Å². The minimum atomic E-state index is 0.424. The van der Waals surface area contributed by atoms with Gasteiger partial charge in [-0.1, -0.05) is 25.9 Å². The average Bonchev–Trinajstić information content (AvgIpc) is 2.85. The molecule has 0 amide bonds. The number of rotatable bonds is 5. The van der Waals surface area contributed by atoms with Crippen molar-refractivity contribution in [2.24, 2.45) is 5.92 Å². The fourth-order valence-electron chi connectivity index (χ4n) is 2.54. The quantitative estimate of drug-likeness (QED) is 0.887. The van der Waals surface area contributed by atoms with Crippen LogP contribution in [0.4, 0.5) is 6.01 Å². The first-order valence-electron chi connectivity index (χ1n) is 7.35. The van der Waals surface area contributed by atoms with Gasteiger partial charge in [-0.2, -0.15) is 0 Å². The van der Waals surface area contributed by atoms with Crippen LogP contribution in [-0.4, -0.2) is 29.3 Å². The van der Waals surface area contributed by atoms with Crippen molar-refractivity contribution < 1.29 is 4.42 Å². The van der Waals surface area contributed by atoms with Gasteiger partial charge in [-0.05, 0) is 31.6 Å². The fraction of sp³-hybridized carbons (Fsp3) is 0.857. The van der Waals surface area contributed by atoms with E-state index in [-0.39, 0.29) is 0 Å². The zero-order chi connectivity index (χ0) is 13.8. The summed E-state index contributed by atoms with van der Waals surface area (Å²) in [6, 6.07) is 1.62. The molecule has 0 aliphatic heterocycles. The maximum absolute atomic E-state index is 5.72. The molecule has 2 rings (SSSR count). The summed E-state index contributed by atoms with van der Waals surface area (Å²) in [6.45, 7) is 7.18. The van der Waals surface area contributed by atoms with Crippen molar-refractivity contribution in [3.05, 3.63) is 5.89 Å². The monoisotopic (exact) mass is 266 g/mol. The summed E-state index contributed by atoms with van der Waals surface area (Å²) in [4.78, 5) is 2.15. The van der Waals surface area contributed by atoms with Crippen molar-refractivity contribution in [1.29, 1.82) is 0 Å². The molecule has 0 radical (unpaired) electrons. The summed E-state index contributed by atoms with van der Waals surface area (Å²) in [6.07, 6.45) is 5.04. The highest BCUT2D eigenvalue weighted by molar-refractivity contribution is 5.24. The van der Waals surface area contributed by atoms with Crippen LogP contribution in [0.2, 0.25) is 0 Å². The smallest absolute Gasteiger partial charge is 0.318 e. The van der Waals surface area contributed by atoms with Crippen LogP contribution in [0, 0.1) is 5.92 Å². The third-order valence-corrected chi connectivity index (χ3v) is 3.95. The minimum absolute atomic E-state index is 0.424. The summed E-state index contributed by atoms with van der Waals surface area (Å²) in [5.74, 6) is 1.53. The van der Waals surface area contributed by atoms with Gasteiger partial charge in [-0.15, -0.1) is 5.10 Å². The molecular formula is C14H26N4O. The Hall–Kier alpha value is -1.10. The van der Waals surface area contributed by atoms with E-state index in [1.165, 1.54) is 25.7 Å². The fourth-order valence-corrected chi connectivity index (χ4v) is 2.54. The molecule has 5 heteroatoms. The van der Waals surface area contributed by atoms with Crippen molar-refractivity contribution in [3.8, 4) is 0 Å². The molecule has 5 nitrogen and oxygen atoms in total. The summed E-state index contributed by atoms with van der Waals surface area (Å²) >= 11 is 0. The SMILES string of the molecule is CC1CCC(N(C)c2nnc(CNC(C)C)o2)CC1. The van der Waals surface area contributed by atoms with Crippen molar-refractivity contribution >= 4 is 6.01 Å². The van der Waals surface area contributed by atoms with E-state index in [1.807, 2.05) is 0 Å². The topological polar surface area (TPSA) is 54.2 Å². The van der Waals surface area contributed by atoms with E-state index < -0.39 is 0 Å². The Morgan fingerprint density at radius 1 is 1.26 bits per heavy atom. The van der Waals surface area contributed by atoms with Crippen LogP contribution in [0.25, 0.3) is 0 Å². The van der Waals surface area contributed by atoms with Gasteiger partial charge >= 0.3 is 6.01 Å². The zero-order valence-corrected chi connectivity index (χ0v) is 12.5. The van der Waals surface area contributed by atoms with Gasteiger partial charge in [0.25, 0.3) is 0 Å². The molecule has 0 bridgehead atoms. The van der Waals surface area contributed by atoms with E-state index in [2.05, 4.69) is 48.2 Å². The van der Waals surface area contributed by atoms with Gasteiger partial charge in [0.2, 0.25) is 5.89 Å². The van der Waals surface area contributed by atoms with Crippen LogP contribution in [0.1, 0.15) is 52.3 Å². The first kappa shape index (κ1) is 14.3. The Kier molecular flexibility index (Phi) is 4.80. The highest BCUT2D eigenvalue weighted by Gasteiger charge is 2.24. The molecule has 0 unspecified atom stereocenters. The molecule has 0 aromatic carbocycles. The highest BCUT2D eigenvalue weighted by Crippen LogP contribution is 2.28. The first-order valence-corrected chi connectivity index (χ1v) is 7.35. The van der Waals surface area contributed by atoms with Crippen molar-refractivity contribution in [2.45, 2.75) is 65.1 Å². The largest absolute Gasteiger partial charge is 0.407 e. The molecule has 1 aliphatic carbocycles. The lowest BCUT2D eigenvalue weighted by atomic mass is 9.87. The van der Waals surface area contributed by atoms with Crippen molar-refractivity contribution in [1.82, 2.24) is 15.5 Å². The van der Waals surface area contributed by atoms with E-state index in [0.29, 0.717) is 30.5 Å². The Labute approximate surface area is 115 Å². The van der Waals surface area contributed by atoms with Crippen LogP contribution in [-0.2, 0) is 6.54 Å². The Morgan fingerprint density at radius 2 is 1.95 bits per heavy atom. The lowest BCUT2D eigenvalue weighted by Crippen LogP contribution is -2.35. The van der Waals surface area contributed by atoms with E-state index in [1.54, 1.807) is 0 Å². The second-order valence-electron chi connectivity index (χ2n) is 6.04. The molecule has 108 valence electrons. The molecule has 1 aliphatic rings. The molecule has 0 saturated heterocycles. The van der Waals surface area contributed by atoms with Gasteiger partial charge in [0.15, 0.2) is 0 Å².